The van der Waals surface area contributed by atoms with Crippen molar-refractivity contribution < 1.29 is 14.9 Å². The molecule has 19 heavy (non-hydrogen) atoms. The fraction of sp³-hybridized carbons (Fsp3) is 0.0714. The highest BCUT2D eigenvalue weighted by molar-refractivity contribution is 5.84. The number of aromatic hydroxyl groups is 2. The highest BCUT2D eigenvalue weighted by Crippen LogP contribution is 2.20. The molecule has 0 saturated heterocycles. The van der Waals surface area contributed by atoms with Crippen molar-refractivity contribution in [2.75, 3.05) is 12.5 Å². The molecule has 0 amide bonds. The predicted molar refractivity (Wildman–Crippen MR) is 74.0 cm³/mol. The minimum Gasteiger partial charge on any atom is -0.508 e. The van der Waals surface area contributed by atoms with Gasteiger partial charge in [-0.25, -0.2) is 0 Å². The van der Waals surface area contributed by atoms with Gasteiger partial charge in [0, 0.05) is 5.56 Å². The Kier molecular flexibility index (Phi) is 3.87. The van der Waals surface area contributed by atoms with E-state index in [-0.39, 0.29) is 11.5 Å². The molecule has 0 saturated carbocycles. The molecule has 0 unspecified atom stereocenters. The summed E-state index contributed by atoms with van der Waals surface area (Å²) < 4.78 is 5.04. The lowest BCUT2D eigenvalue weighted by Gasteiger charge is -2.03. The van der Waals surface area contributed by atoms with Crippen molar-refractivity contribution in [2.45, 2.75) is 0 Å². The van der Waals surface area contributed by atoms with E-state index in [2.05, 4.69) is 10.5 Å². The van der Waals surface area contributed by atoms with E-state index in [4.69, 9.17) is 4.74 Å². The molecule has 0 atom stereocenters. The highest BCUT2D eigenvalue weighted by atomic mass is 16.5. The third-order valence-electron chi connectivity index (χ3n) is 2.50. The van der Waals surface area contributed by atoms with Crippen molar-refractivity contribution in [3.63, 3.8) is 0 Å². The van der Waals surface area contributed by atoms with Gasteiger partial charge in [-0.2, -0.15) is 5.10 Å². The number of hydrazone groups is 1. The van der Waals surface area contributed by atoms with Crippen LogP contribution in [0.3, 0.4) is 0 Å². The minimum atomic E-state index is 0.0538. The SMILES string of the molecule is COc1ccc(N/N=C/c2cc(O)ccc2O)cc1. The molecule has 3 N–H and O–H groups in total. The molecule has 0 spiro atoms. The first-order valence-electron chi connectivity index (χ1n) is 5.64. The summed E-state index contributed by atoms with van der Waals surface area (Å²) in [5.41, 5.74) is 4.03. The molecule has 5 heteroatoms. The molecule has 2 rings (SSSR count). The molecular weight excluding hydrogens is 244 g/mol. The van der Waals surface area contributed by atoms with Gasteiger partial charge in [-0.1, -0.05) is 0 Å². The summed E-state index contributed by atoms with van der Waals surface area (Å²) in [4.78, 5) is 0. The van der Waals surface area contributed by atoms with Gasteiger partial charge < -0.3 is 14.9 Å². The van der Waals surface area contributed by atoms with Crippen LogP contribution in [0.15, 0.2) is 47.6 Å². The number of ether oxygens (including phenoxy) is 1. The zero-order valence-electron chi connectivity index (χ0n) is 10.4. The first kappa shape index (κ1) is 12.8. The molecule has 0 radical (unpaired) electrons. The van der Waals surface area contributed by atoms with Crippen LogP contribution >= 0.6 is 0 Å². The van der Waals surface area contributed by atoms with Crippen LogP contribution in [0.25, 0.3) is 0 Å². The zero-order chi connectivity index (χ0) is 13.7. The van der Waals surface area contributed by atoms with Crippen molar-refractivity contribution in [2.24, 2.45) is 5.10 Å². The fourth-order valence-corrected chi connectivity index (χ4v) is 1.49. The molecule has 0 fully saturated rings. The van der Waals surface area contributed by atoms with E-state index >= 15 is 0 Å². The normalized spacial score (nSPS) is 10.6. The summed E-state index contributed by atoms with van der Waals surface area (Å²) >= 11 is 0. The zero-order valence-corrected chi connectivity index (χ0v) is 10.4. The average Bonchev–Trinajstić information content (AvgIpc) is 2.43. The van der Waals surface area contributed by atoms with Crippen LogP contribution in [0, 0.1) is 0 Å². The number of benzene rings is 2. The van der Waals surface area contributed by atoms with Gasteiger partial charge in [0.05, 0.1) is 19.0 Å². The number of phenols is 2. The number of phenolic OH excluding ortho intramolecular Hbond substituents is 2. The van der Waals surface area contributed by atoms with E-state index in [1.807, 2.05) is 24.3 Å². The van der Waals surface area contributed by atoms with E-state index in [0.717, 1.165) is 11.4 Å². The van der Waals surface area contributed by atoms with E-state index in [9.17, 15) is 10.2 Å². The van der Waals surface area contributed by atoms with Crippen molar-refractivity contribution >= 4 is 11.9 Å². The summed E-state index contributed by atoms with van der Waals surface area (Å²) in [6, 6.07) is 11.5. The van der Waals surface area contributed by atoms with Crippen molar-refractivity contribution in [1.82, 2.24) is 0 Å². The topological polar surface area (TPSA) is 74.1 Å². The third kappa shape index (κ3) is 3.38. The molecule has 0 aliphatic rings. The largest absolute Gasteiger partial charge is 0.508 e. The van der Waals surface area contributed by atoms with Gasteiger partial charge in [0.1, 0.15) is 17.2 Å². The fourth-order valence-electron chi connectivity index (χ4n) is 1.49. The van der Waals surface area contributed by atoms with Crippen molar-refractivity contribution in [3.8, 4) is 17.2 Å². The number of hydrogen-bond donors (Lipinski definition) is 3. The lowest BCUT2D eigenvalue weighted by atomic mass is 10.2. The van der Waals surface area contributed by atoms with Crippen LogP contribution in [-0.4, -0.2) is 23.5 Å². The quantitative estimate of drug-likeness (QED) is 0.447. The van der Waals surface area contributed by atoms with Gasteiger partial charge >= 0.3 is 0 Å². The maximum absolute atomic E-state index is 9.55. The van der Waals surface area contributed by atoms with Gasteiger partial charge in [-0.3, -0.25) is 5.43 Å². The Balaban J connectivity index is 2.04. The molecule has 0 heterocycles. The lowest BCUT2D eigenvalue weighted by molar-refractivity contribution is 0.415. The first-order valence-corrected chi connectivity index (χ1v) is 5.64. The van der Waals surface area contributed by atoms with Crippen LogP contribution in [0.4, 0.5) is 5.69 Å². The van der Waals surface area contributed by atoms with Gasteiger partial charge in [-0.15, -0.1) is 0 Å². The number of hydrogen-bond acceptors (Lipinski definition) is 5. The van der Waals surface area contributed by atoms with E-state index in [1.165, 1.54) is 24.4 Å². The standard InChI is InChI=1S/C14H14N2O3/c1-19-13-5-2-11(3-6-13)16-15-9-10-8-12(17)4-7-14(10)18/h2-9,16-18H,1H3/b15-9+. The molecule has 0 aliphatic heterocycles. The lowest BCUT2D eigenvalue weighted by Crippen LogP contribution is -1.91. The smallest absolute Gasteiger partial charge is 0.124 e. The molecule has 2 aromatic rings. The second-order valence-electron chi connectivity index (χ2n) is 3.84. The number of nitrogens with one attached hydrogen (secondary N) is 1. The molecule has 0 aromatic heterocycles. The average molecular weight is 258 g/mol. The third-order valence-corrected chi connectivity index (χ3v) is 2.50. The monoisotopic (exact) mass is 258 g/mol. The summed E-state index contributed by atoms with van der Waals surface area (Å²) in [5.74, 6) is 0.891. The van der Waals surface area contributed by atoms with E-state index in [0.29, 0.717) is 5.56 Å². The van der Waals surface area contributed by atoms with E-state index in [1.54, 1.807) is 7.11 Å². The summed E-state index contributed by atoms with van der Waals surface area (Å²) in [5, 5.41) is 22.8. The molecule has 2 aromatic carbocycles. The van der Waals surface area contributed by atoms with Crippen LogP contribution in [0.1, 0.15) is 5.56 Å². The molecular formula is C14H14N2O3. The summed E-state index contributed by atoms with van der Waals surface area (Å²) in [6.45, 7) is 0. The number of anilines is 1. The predicted octanol–water partition coefficient (Wildman–Crippen LogP) is 2.55. The maximum atomic E-state index is 9.55. The highest BCUT2D eigenvalue weighted by Gasteiger charge is 1.99. The Morgan fingerprint density at radius 1 is 1.11 bits per heavy atom. The van der Waals surface area contributed by atoms with Crippen molar-refractivity contribution in [3.05, 3.63) is 48.0 Å². The number of rotatable bonds is 4. The Labute approximate surface area is 110 Å². The molecule has 0 aliphatic carbocycles. The van der Waals surface area contributed by atoms with Crippen molar-refractivity contribution in [1.29, 1.82) is 0 Å². The summed E-state index contributed by atoms with van der Waals surface area (Å²) in [6.07, 6.45) is 1.43. The van der Waals surface area contributed by atoms with Gasteiger partial charge in [0.15, 0.2) is 0 Å². The van der Waals surface area contributed by atoms with Crippen LogP contribution in [0.2, 0.25) is 0 Å². The van der Waals surface area contributed by atoms with E-state index < -0.39 is 0 Å². The summed E-state index contributed by atoms with van der Waals surface area (Å²) in [7, 11) is 1.60. The molecule has 0 bridgehead atoms. The van der Waals surface area contributed by atoms with Gasteiger partial charge in [-0.05, 0) is 42.5 Å². The maximum Gasteiger partial charge on any atom is 0.124 e. The molecule has 98 valence electrons. The van der Waals surface area contributed by atoms with Gasteiger partial charge in [0.25, 0.3) is 0 Å². The second kappa shape index (κ2) is 5.77. The Morgan fingerprint density at radius 2 is 1.84 bits per heavy atom. The Morgan fingerprint density at radius 3 is 2.53 bits per heavy atom. The Bertz CT molecular complexity index is 580. The number of methoxy groups -OCH3 is 1. The first-order chi connectivity index (χ1) is 9.19. The van der Waals surface area contributed by atoms with Gasteiger partial charge in [0.2, 0.25) is 0 Å². The molecule has 5 nitrogen and oxygen atoms in total. The van der Waals surface area contributed by atoms with Crippen LogP contribution in [-0.2, 0) is 0 Å². The minimum absolute atomic E-state index is 0.0538. The number of nitrogens with zero attached hydrogens (tertiary/aromatic N) is 1. The second-order valence-corrected chi connectivity index (χ2v) is 3.84. The Hall–Kier alpha value is -2.69. The van der Waals surface area contributed by atoms with Crippen LogP contribution in [0.5, 0.6) is 17.2 Å². The van der Waals surface area contributed by atoms with Crippen LogP contribution < -0.4 is 10.2 Å².